The average molecular weight is 320 g/mol. The number of carbonyl (C=O) groups is 1. The molecule has 0 saturated heterocycles. The molecule has 0 fully saturated rings. The van der Waals surface area contributed by atoms with E-state index in [0.29, 0.717) is 17.6 Å². The first-order valence-electron chi connectivity index (χ1n) is 6.63. The predicted molar refractivity (Wildman–Crippen MR) is 77.6 cm³/mol. The molecule has 0 radical (unpaired) electrons. The number of carbonyl (C=O) groups excluding carboxylic acids is 1. The highest BCUT2D eigenvalue weighted by Crippen LogP contribution is 2.33. The summed E-state index contributed by atoms with van der Waals surface area (Å²) in [7, 11) is 1.47. The highest BCUT2D eigenvalue weighted by molar-refractivity contribution is 5.88. The number of halogens is 3. The van der Waals surface area contributed by atoms with Crippen LogP contribution in [0, 0.1) is 0 Å². The van der Waals surface area contributed by atoms with Crippen LogP contribution in [0.25, 0.3) is 16.9 Å². The first-order chi connectivity index (χ1) is 11.0. The summed E-state index contributed by atoms with van der Waals surface area (Å²) >= 11 is 0. The topological polar surface area (TPSA) is 43.6 Å². The van der Waals surface area contributed by atoms with Crippen LogP contribution in [0.1, 0.15) is 16.1 Å². The Bertz CT molecular complexity index is 885. The molecule has 3 rings (SSSR count). The first-order valence-corrected chi connectivity index (χ1v) is 6.63. The number of alkyl halides is 3. The van der Waals surface area contributed by atoms with Gasteiger partial charge in [0.25, 0.3) is 0 Å². The lowest BCUT2D eigenvalue weighted by Gasteiger charge is -2.07. The van der Waals surface area contributed by atoms with E-state index in [-0.39, 0.29) is 17.0 Å². The summed E-state index contributed by atoms with van der Waals surface area (Å²) in [5.74, 6) is 0.482. The molecule has 1 aromatic carbocycles. The molecule has 0 aliphatic carbocycles. The zero-order valence-electron chi connectivity index (χ0n) is 12.0. The number of nitrogens with zero attached hydrogens (tertiary/aromatic N) is 2. The standard InChI is InChI=1S/C16H11F3N2O2/c1-23-13-5-3-2-4-11(13)15-12(9-22)21-8-10(16(17,18)19)6-7-14(21)20-15/h2-9H,1H3. The van der Waals surface area contributed by atoms with E-state index in [0.717, 1.165) is 16.7 Å². The van der Waals surface area contributed by atoms with E-state index in [4.69, 9.17) is 4.74 Å². The van der Waals surface area contributed by atoms with Crippen LogP contribution in [-0.4, -0.2) is 22.8 Å². The smallest absolute Gasteiger partial charge is 0.417 e. The lowest BCUT2D eigenvalue weighted by molar-refractivity contribution is -0.137. The Morgan fingerprint density at radius 3 is 2.57 bits per heavy atom. The minimum absolute atomic E-state index is 0.0376. The van der Waals surface area contributed by atoms with Gasteiger partial charge in [0.05, 0.1) is 12.7 Å². The van der Waals surface area contributed by atoms with Crippen LogP contribution in [0.5, 0.6) is 5.75 Å². The Labute approximate surface area is 129 Å². The number of methoxy groups -OCH3 is 1. The van der Waals surface area contributed by atoms with Gasteiger partial charge in [-0.05, 0) is 24.3 Å². The molecule has 2 heterocycles. The van der Waals surface area contributed by atoms with E-state index in [1.165, 1.54) is 13.2 Å². The molecule has 23 heavy (non-hydrogen) atoms. The van der Waals surface area contributed by atoms with E-state index in [2.05, 4.69) is 4.98 Å². The van der Waals surface area contributed by atoms with E-state index in [1.54, 1.807) is 24.3 Å². The van der Waals surface area contributed by atoms with E-state index >= 15 is 0 Å². The van der Waals surface area contributed by atoms with Crippen molar-refractivity contribution in [1.82, 2.24) is 9.38 Å². The molecular weight excluding hydrogens is 309 g/mol. The van der Waals surface area contributed by atoms with Gasteiger partial charge in [0.1, 0.15) is 22.8 Å². The molecule has 2 aromatic heterocycles. The molecule has 118 valence electrons. The molecule has 0 bridgehead atoms. The number of hydrogen-bond donors (Lipinski definition) is 0. The van der Waals surface area contributed by atoms with Gasteiger partial charge in [0, 0.05) is 11.8 Å². The molecule has 0 amide bonds. The van der Waals surface area contributed by atoms with Crippen LogP contribution in [0.15, 0.2) is 42.6 Å². The second-order valence-electron chi connectivity index (χ2n) is 4.81. The Morgan fingerprint density at radius 2 is 1.91 bits per heavy atom. The van der Waals surface area contributed by atoms with Gasteiger partial charge < -0.3 is 4.74 Å². The number of imidazole rings is 1. The minimum Gasteiger partial charge on any atom is -0.496 e. The van der Waals surface area contributed by atoms with Gasteiger partial charge in [-0.2, -0.15) is 13.2 Å². The maximum Gasteiger partial charge on any atom is 0.417 e. The van der Waals surface area contributed by atoms with Gasteiger partial charge in [0.15, 0.2) is 6.29 Å². The van der Waals surface area contributed by atoms with Gasteiger partial charge in [-0.3, -0.25) is 9.20 Å². The van der Waals surface area contributed by atoms with Crippen molar-refractivity contribution in [3.8, 4) is 17.0 Å². The highest BCUT2D eigenvalue weighted by atomic mass is 19.4. The fourth-order valence-electron chi connectivity index (χ4n) is 2.38. The van der Waals surface area contributed by atoms with Crippen LogP contribution >= 0.6 is 0 Å². The minimum atomic E-state index is -4.50. The normalized spacial score (nSPS) is 11.7. The zero-order chi connectivity index (χ0) is 16.6. The number of aldehydes is 1. The van der Waals surface area contributed by atoms with Gasteiger partial charge in [-0.1, -0.05) is 12.1 Å². The van der Waals surface area contributed by atoms with Gasteiger partial charge >= 0.3 is 6.18 Å². The summed E-state index contributed by atoms with van der Waals surface area (Å²) in [6.45, 7) is 0. The van der Waals surface area contributed by atoms with Crippen molar-refractivity contribution >= 4 is 11.9 Å². The quantitative estimate of drug-likeness (QED) is 0.689. The number of pyridine rings is 1. The third-order valence-electron chi connectivity index (χ3n) is 3.46. The lowest BCUT2D eigenvalue weighted by atomic mass is 10.1. The Hall–Kier alpha value is -2.83. The monoisotopic (exact) mass is 320 g/mol. The average Bonchev–Trinajstić information content (AvgIpc) is 2.91. The number of aromatic nitrogens is 2. The van der Waals surface area contributed by atoms with Crippen molar-refractivity contribution in [3.05, 3.63) is 53.9 Å². The van der Waals surface area contributed by atoms with Crippen LogP contribution in [-0.2, 0) is 6.18 Å². The maximum absolute atomic E-state index is 12.9. The van der Waals surface area contributed by atoms with E-state index < -0.39 is 11.7 Å². The third-order valence-corrected chi connectivity index (χ3v) is 3.46. The number of hydrogen-bond acceptors (Lipinski definition) is 3. The summed E-state index contributed by atoms with van der Waals surface area (Å²) in [6, 6.07) is 9.03. The summed E-state index contributed by atoms with van der Waals surface area (Å²) in [6.07, 6.45) is -3.14. The van der Waals surface area contributed by atoms with Crippen molar-refractivity contribution in [3.63, 3.8) is 0 Å². The molecule has 0 aliphatic heterocycles. The fourth-order valence-corrected chi connectivity index (χ4v) is 2.38. The summed E-state index contributed by atoms with van der Waals surface area (Å²) < 4.78 is 44.9. The Morgan fingerprint density at radius 1 is 1.17 bits per heavy atom. The molecule has 0 N–H and O–H groups in total. The van der Waals surface area contributed by atoms with Gasteiger partial charge in [-0.25, -0.2) is 4.98 Å². The van der Waals surface area contributed by atoms with E-state index in [9.17, 15) is 18.0 Å². The number of fused-ring (bicyclic) bond motifs is 1. The van der Waals surface area contributed by atoms with Crippen molar-refractivity contribution in [1.29, 1.82) is 0 Å². The molecule has 0 unspecified atom stereocenters. The molecule has 3 aromatic rings. The number of para-hydroxylation sites is 1. The zero-order valence-corrected chi connectivity index (χ0v) is 12.0. The SMILES string of the molecule is COc1ccccc1-c1nc2ccc(C(F)(F)F)cn2c1C=O. The summed E-state index contributed by atoms with van der Waals surface area (Å²) in [5.41, 5.74) is 0.250. The van der Waals surface area contributed by atoms with Crippen molar-refractivity contribution < 1.29 is 22.7 Å². The fraction of sp³-hybridized carbons (Fsp3) is 0.125. The second kappa shape index (κ2) is 5.42. The summed E-state index contributed by atoms with van der Waals surface area (Å²) in [4.78, 5) is 15.7. The van der Waals surface area contributed by atoms with Crippen molar-refractivity contribution in [2.45, 2.75) is 6.18 Å². The predicted octanol–water partition coefficient (Wildman–Crippen LogP) is 3.84. The van der Waals surface area contributed by atoms with Gasteiger partial charge in [-0.15, -0.1) is 0 Å². The molecule has 7 heteroatoms. The van der Waals surface area contributed by atoms with Crippen LogP contribution in [0.3, 0.4) is 0 Å². The third kappa shape index (κ3) is 2.54. The lowest BCUT2D eigenvalue weighted by Crippen LogP contribution is -2.06. The molecule has 0 aliphatic rings. The molecule has 0 atom stereocenters. The molecule has 0 saturated carbocycles. The number of ether oxygens (including phenoxy) is 1. The van der Waals surface area contributed by atoms with Crippen LogP contribution in [0.4, 0.5) is 13.2 Å². The maximum atomic E-state index is 12.9. The van der Waals surface area contributed by atoms with Crippen LogP contribution in [0.2, 0.25) is 0 Å². The number of rotatable bonds is 3. The second-order valence-corrected chi connectivity index (χ2v) is 4.81. The van der Waals surface area contributed by atoms with Gasteiger partial charge in [0.2, 0.25) is 0 Å². The highest BCUT2D eigenvalue weighted by Gasteiger charge is 2.31. The number of benzene rings is 1. The largest absolute Gasteiger partial charge is 0.496 e. The first kappa shape index (κ1) is 15.1. The van der Waals surface area contributed by atoms with Crippen molar-refractivity contribution in [2.75, 3.05) is 7.11 Å². The molecule has 0 spiro atoms. The van der Waals surface area contributed by atoms with E-state index in [1.807, 2.05) is 0 Å². The van der Waals surface area contributed by atoms with Crippen molar-refractivity contribution in [2.24, 2.45) is 0 Å². The summed E-state index contributed by atoms with van der Waals surface area (Å²) in [5, 5.41) is 0. The Balaban J connectivity index is 2.29. The molecule has 4 nitrogen and oxygen atoms in total. The van der Waals surface area contributed by atoms with Crippen LogP contribution < -0.4 is 4.74 Å². The molecular formula is C16H11F3N2O2. The Kier molecular flexibility index (Phi) is 3.55.